The molecular weight excluding hydrogens is 453 g/mol. The lowest BCUT2D eigenvalue weighted by Gasteiger charge is -2.30. The summed E-state index contributed by atoms with van der Waals surface area (Å²) in [5.74, 6) is -2.31. The molecule has 2 heterocycles. The molecule has 0 spiro atoms. The number of alkyl halides is 3. The number of carbonyl (C=O) groups is 1. The standard InChI is InChI=1S/C20H25F3N2O6S/c1-29-11-31-16-9-15(18(26)24-14-7-8-32(27,28)10-14)19(30-2)25-17(16)12-3-5-13(6-4-12)20(21,22)23/h7-9,12-14H,3-6,10-11H2,1-2H3,(H,24,26)/t12?,13?,14-/m1/s1. The largest absolute Gasteiger partial charge is 0.480 e. The van der Waals surface area contributed by atoms with E-state index in [0.717, 1.165) is 5.41 Å². The minimum atomic E-state index is -4.23. The first-order valence-corrected chi connectivity index (χ1v) is 11.7. The zero-order valence-corrected chi connectivity index (χ0v) is 18.5. The number of sulfone groups is 1. The third kappa shape index (κ3) is 5.71. The molecule has 12 heteroatoms. The first-order chi connectivity index (χ1) is 15.0. The van der Waals surface area contributed by atoms with Crippen molar-refractivity contribution in [3.05, 3.63) is 28.8 Å². The van der Waals surface area contributed by atoms with Crippen molar-refractivity contribution in [2.75, 3.05) is 26.8 Å². The Kier molecular flexibility index (Phi) is 7.33. The second-order valence-electron chi connectivity index (χ2n) is 7.81. The lowest BCUT2D eigenvalue weighted by Crippen LogP contribution is -2.36. The van der Waals surface area contributed by atoms with Crippen molar-refractivity contribution in [1.82, 2.24) is 10.3 Å². The highest BCUT2D eigenvalue weighted by Gasteiger charge is 2.42. The lowest BCUT2D eigenvalue weighted by atomic mass is 9.79. The molecule has 1 amide bonds. The van der Waals surface area contributed by atoms with Crippen LogP contribution in [-0.4, -0.2) is 58.3 Å². The highest BCUT2D eigenvalue weighted by molar-refractivity contribution is 7.94. The van der Waals surface area contributed by atoms with Gasteiger partial charge in [-0.2, -0.15) is 13.2 Å². The van der Waals surface area contributed by atoms with Crippen molar-refractivity contribution in [3.8, 4) is 11.6 Å². The molecule has 8 nitrogen and oxygen atoms in total. The number of methoxy groups -OCH3 is 2. The smallest absolute Gasteiger partial charge is 0.391 e. The predicted molar refractivity (Wildman–Crippen MR) is 108 cm³/mol. The SMILES string of the molecule is COCOc1cc(C(=O)N[C@@H]2C=CS(=O)(=O)C2)c(OC)nc1C1CCC(C(F)(F)F)CC1. The molecule has 32 heavy (non-hydrogen) atoms. The Balaban J connectivity index is 1.85. The zero-order valence-electron chi connectivity index (χ0n) is 17.6. The van der Waals surface area contributed by atoms with E-state index in [9.17, 15) is 26.4 Å². The number of halogens is 3. The van der Waals surface area contributed by atoms with Crippen LogP contribution in [0.15, 0.2) is 17.6 Å². The minimum Gasteiger partial charge on any atom is -0.480 e. The summed E-state index contributed by atoms with van der Waals surface area (Å²) >= 11 is 0. The van der Waals surface area contributed by atoms with Crippen LogP contribution >= 0.6 is 0 Å². The molecule has 1 aromatic rings. The Hall–Kier alpha value is -2.34. The third-order valence-corrected chi connectivity index (χ3v) is 6.97. The van der Waals surface area contributed by atoms with Crippen molar-refractivity contribution in [3.63, 3.8) is 0 Å². The van der Waals surface area contributed by atoms with Crippen molar-refractivity contribution >= 4 is 15.7 Å². The Labute approximate surface area is 184 Å². The third-order valence-electron chi connectivity index (χ3n) is 5.57. The Morgan fingerprint density at radius 3 is 2.44 bits per heavy atom. The van der Waals surface area contributed by atoms with E-state index in [2.05, 4.69) is 10.3 Å². The number of ether oxygens (including phenoxy) is 3. The second kappa shape index (κ2) is 9.65. The van der Waals surface area contributed by atoms with Gasteiger partial charge in [0.25, 0.3) is 5.91 Å². The number of amides is 1. The molecule has 1 aromatic heterocycles. The van der Waals surface area contributed by atoms with E-state index in [1.807, 2.05) is 0 Å². The molecule has 0 saturated heterocycles. The fourth-order valence-corrected chi connectivity index (χ4v) is 5.18. The van der Waals surface area contributed by atoms with E-state index >= 15 is 0 Å². The van der Waals surface area contributed by atoms with E-state index in [1.54, 1.807) is 0 Å². The number of hydrogen-bond acceptors (Lipinski definition) is 7. The average molecular weight is 478 g/mol. The molecule has 1 N–H and O–H groups in total. The van der Waals surface area contributed by atoms with Gasteiger partial charge < -0.3 is 19.5 Å². The first-order valence-electron chi connectivity index (χ1n) is 10.0. The monoisotopic (exact) mass is 478 g/mol. The normalized spacial score (nSPS) is 24.8. The fourth-order valence-electron chi connectivity index (χ4n) is 3.95. The number of carbonyl (C=O) groups excluding carboxylic acids is 1. The summed E-state index contributed by atoms with van der Waals surface area (Å²) in [6.45, 7) is -0.149. The number of rotatable bonds is 7. The Morgan fingerprint density at radius 1 is 1.22 bits per heavy atom. The van der Waals surface area contributed by atoms with Gasteiger partial charge in [0, 0.05) is 24.5 Å². The molecule has 1 aliphatic carbocycles. The maximum absolute atomic E-state index is 13.0. The highest BCUT2D eigenvalue weighted by Crippen LogP contribution is 2.45. The maximum atomic E-state index is 13.0. The van der Waals surface area contributed by atoms with E-state index in [-0.39, 0.29) is 61.3 Å². The van der Waals surface area contributed by atoms with Gasteiger partial charge >= 0.3 is 6.18 Å². The summed E-state index contributed by atoms with van der Waals surface area (Å²) in [5, 5.41) is 3.64. The number of hydrogen-bond donors (Lipinski definition) is 1. The molecule has 0 radical (unpaired) electrons. The quantitative estimate of drug-likeness (QED) is 0.601. The van der Waals surface area contributed by atoms with Crippen molar-refractivity contribution < 1.29 is 40.6 Å². The van der Waals surface area contributed by atoms with Gasteiger partial charge in [-0.25, -0.2) is 13.4 Å². The van der Waals surface area contributed by atoms with E-state index in [1.165, 1.54) is 26.4 Å². The van der Waals surface area contributed by atoms with Crippen LogP contribution in [-0.2, 0) is 14.6 Å². The van der Waals surface area contributed by atoms with Crippen LogP contribution in [0.3, 0.4) is 0 Å². The second-order valence-corrected chi connectivity index (χ2v) is 9.74. The molecule has 0 aromatic carbocycles. The molecular formula is C20H25F3N2O6S. The number of nitrogens with zero attached hydrogens (tertiary/aromatic N) is 1. The van der Waals surface area contributed by atoms with Crippen molar-refractivity contribution in [2.45, 2.75) is 43.8 Å². The Bertz CT molecular complexity index is 972. The van der Waals surface area contributed by atoms with Crippen molar-refractivity contribution in [1.29, 1.82) is 0 Å². The lowest BCUT2D eigenvalue weighted by molar-refractivity contribution is -0.182. The number of pyridine rings is 1. The summed E-state index contributed by atoms with van der Waals surface area (Å²) in [7, 11) is -0.632. The van der Waals surface area contributed by atoms with Gasteiger partial charge in [0.05, 0.1) is 30.5 Å². The molecule has 178 valence electrons. The fraction of sp³-hybridized carbons (Fsp3) is 0.600. The molecule has 0 unspecified atom stereocenters. The maximum Gasteiger partial charge on any atom is 0.391 e. The summed E-state index contributed by atoms with van der Waals surface area (Å²) in [6.07, 6.45) is -2.36. The van der Waals surface area contributed by atoms with E-state index in [0.29, 0.717) is 5.69 Å². The van der Waals surface area contributed by atoms with Crippen LogP contribution < -0.4 is 14.8 Å². The Morgan fingerprint density at radius 2 is 1.91 bits per heavy atom. The van der Waals surface area contributed by atoms with Crippen LogP contribution in [0.4, 0.5) is 13.2 Å². The van der Waals surface area contributed by atoms with Gasteiger partial charge in [0.15, 0.2) is 16.6 Å². The zero-order chi connectivity index (χ0) is 23.5. The molecule has 3 rings (SSSR count). The summed E-state index contributed by atoms with van der Waals surface area (Å²) in [6, 6.07) is 0.705. The summed E-state index contributed by atoms with van der Waals surface area (Å²) in [4.78, 5) is 17.2. The van der Waals surface area contributed by atoms with Gasteiger partial charge in [-0.05, 0) is 31.8 Å². The number of aromatic nitrogens is 1. The van der Waals surface area contributed by atoms with Crippen LogP contribution in [0.5, 0.6) is 11.6 Å². The van der Waals surface area contributed by atoms with Crippen molar-refractivity contribution in [2.24, 2.45) is 5.92 Å². The summed E-state index contributed by atoms with van der Waals surface area (Å²) in [5.41, 5.74) is 0.420. The van der Waals surface area contributed by atoms with Gasteiger partial charge in [-0.3, -0.25) is 4.79 Å². The topological polar surface area (TPSA) is 104 Å². The molecule has 1 fully saturated rings. The van der Waals surface area contributed by atoms with Gasteiger partial charge in [0.1, 0.15) is 11.3 Å². The van der Waals surface area contributed by atoms with E-state index < -0.39 is 33.9 Å². The minimum absolute atomic E-state index is 0.0176. The van der Waals surface area contributed by atoms with E-state index in [4.69, 9.17) is 14.2 Å². The van der Waals surface area contributed by atoms with Gasteiger partial charge in [-0.15, -0.1) is 0 Å². The molecule has 1 aliphatic heterocycles. The van der Waals surface area contributed by atoms with Gasteiger partial charge in [0.2, 0.25) is 5.88 Å². The van der Waals surface area contributed by atoms with Gasteiger partial charge in [-0.1, -0.05) is 0 Å². The van der Waals surface area contributed by atoms with Crippen LogP contribution in [0.2, 0.25) is 0 Å². The van der Waals surface area contributed by atoms with Crippen LogP contribution in [0.1, 0.15) is 47.7 Å². The molecule has 1 atom stereocenters. The van der Waals surface area contributed by atoms with Crippen LogP contribution in [0.25, 0.3) is 0 Å². The summed E-state index contributed by atoms with van der Waals surface area (Å²) < 4.78 is 78.0. The highest BCUT2D eigenvalue weighted by atomic mass is 32.2. The molecule has 2 aliphatic rings. The predicted octanol–water partition coefficient (Wildman–Crippen LogP) is 2.95. The number of nitrogens with one attached hydrogen (secondary N) is 1. The first kappa shape index (κ1) is 24.3. The molecule has 1 saturated carbocycles. The van der Waals surface area contributed by atoms with Crippen LogP contribution in [0, 0.1) is 5.92 Å². The molecule has 0 bridgehead atoms. The average Bonchev–Trinajstić information content (AvgIpc) is 3.09.